The van der Waals surface area contributed by atoms with Gasteiger partial charge < -0.3 is 29.9 Å². The van der Waals surface area contributed by atoms with E-state index in [-0.39, 0.29) is 18.2 Å². The zero-order valence-electron chi connectivity index (χ0n) is 27.6. The van der Waals surface area contributed by atoms with Crippen molar-refractivity contribution in [2.75, 3.05) is 5.32 Å². The molecule has 8 nitrogen and oxygen atoms in total. The number of carbonyl (C=O) groups excluding carboxylic acids is 1. The molecule has 258 valence electrons. The second-order valence-corrected chi connectivity index (χ2v) is 12.1. The van der Waals surface area contributed by atoms with E-state index < -0.39 is 42.1 Å². The van der Waals surface area contributed by atoms with Crippen molar-refractivity contribution in [3.8, 4) is 28.0 Å². The van der Waals surface area contributed by atoms with Crippen molar-refractivity contribution in [1.29, 1.82) is 0 Å². The van der Waals surface area contributed by atoms with E-state index >= 15 is 0 Å². The molecular formula is C40H38F2N2O6. The topological polar surface area (TPSA) is 121 Å². The van der Waals surface area contributed by atoms with Crippen molar-refractivity contribution < 1.29 is 38.4 Å². The average Bonchev–Trinajstić information content (AvgIpc) is 3.43. The Kier molecular flexibility index (Phi) is 11.6. The molecule has 0 bridgehead atoms. The number of carboxylic acid groups (broad SMARTS) is 1. The number of aliphatic carboxylic acids is 1. The van der Waals surface area contributed by atoms with E-state index in [0.717, 1.165) is 5.56 Å². The van der Waals surface area contributed by atoms with Gasteiger partial charge in [0.1, 0.15) is 29.7 Å². The predicted octanol–water partition coefficient (Wildman–Crippen LogP) is 8.11. The van der Waals surface area contributed by atoms with E-state index in [0.29, 0.717) is 46.0 Å². The fraction of sp³-hybridized carbons (Fsp3) is 0.200. The molecule has 1 heterocycles. The predicted molar refractivity (Wildman–Crippen MR) is 189 cm³/mol. The minimum absolute atomic E-state index is 0.224. The molecule has 0 fully saturated rings. The van der Waals surface area contributed by atoms with E-state index in [9.17, 15) is 28.6 Å². The Hall–Kier alpha value is -5.58. The number of hydrogen-bond acceptors (Lipinski definition) is 5. The number of aromatic nitrogens is 1. The minimum Gasteiger partial charge on any atom is -0.489 e. The lowest BCUT2D eigenvalue weighted by molar-refractivity contribution is -0.139. The maximum atomic E-state index is 14.5. The van der Waals surface area contributed by atoms with Crippen LogP contribution in [0.4, 0.5) is 14.5 Å². The Balaban J connectivity index is 1.63. The van der Waals surface area contributed by atoms with Crippen LogP contribution in [-0.4, -0.2) is 44.0 Å². The van der Waals surface area contributed by atoms with Gasteiger partial charge in [0.05, 0.1) is 18.6 Å². The van der Waals surface area contributed by atoms with Crippen LogP contribution in [0, 0.1) is 11.6 Å². The number of aliphatic hydroxyl groups is 2. The molecule has 1 aromatic heterocycles. The molecule has 0 unspecified atom stereocenters. The number of hydrogen-bond donors (Lipinski definition) is 4. The summed E-state index contributed by atoms with van der Waals surface area (Å²) in [4.78, 5) is 25.5. The number of aliphatic hydroxyl groups excluding tert-OH is 2. The summed E-state index contributed by atoms with van der Waals surface area (Å²) in [6, 6.07) is 27.7. The maximum absolute atomic E-state index is 14.5. The lowest BCUT2D eigenvalue weighted by atomic mass is 9.94. The van der Waals surface area contributed by atoms with Gasteiger partial charge in [-0.25, -0.2) is 8.78 Å². The Labute approximate surface area is 288 Å². The highest BCUT2D eigenvalue weighted by molar-refractivity contribution is 6.12. The van der Waals surface area contributed by atoms with Gasteiger partial charge in [0.25, 0.3) is 5.91 Å². The molecule has 0 aliphatic heterocycles. The van der Waals surface area contributed by atoms with Gasteiger partial charge in [-0.1, -0.05) is 66.7 Å². The van der Waals surface area contributed by atoms with Crippen LogP contribution in [0.1, 0.15) is 54.5 Å². The molecule has 2 atom stereocenters. The van der Waals surface area contributed by atoms with Crippen molar-refractivity contribution >= 4 is 23.6 Å². The molecule has 5 aromatic rings. The van der Waals surface area contributed by atoms with Crippen LogP contribution < -0.4 is 10.1 Å². The van der Waals surface area contributed by atoms with Crippen LogP contribution in [-0.2, 0) is 11.4 Å². The largest absolute Gasteiger partial charge is 0.489 e. The van der Waals surface area contributed by atoms with E-state index in [1.165, 1.54) is 30.3 Å². The highest BCUT2D eigenvalue weighted by atomic mass is 19.1. The summed E-state index contributed by atoms with van der Waals surface area (Å²) >= 11 is 0. The summed E-state index contributed by atoms with van der Waals surface area (Å²) in [5.41, 5.74) is 4.17. The average molecular weight is 681 g/mol. The summed E-state index contributed by atoms with van der Waals surface area (Å²) < 4.78 is 36.1. The van der Waals surface area contributed by atoms with E-state index in [4.69, 9.17) is 9.84 Å². The van der Waals surface area contributed by atoms with Gasteiger partial charge >= 0.3 is 5.97 Å². The SMILES string of the molecule is CC(C)n1c(/C=C/[C@@H](O)C[C@@H](O)CC(=O)O)c(-c2ccc(F)cc2)c(-c2ccc(F)cc2)c1C(=O)Nc1cccc(OCc2ccccc2)c1. The van der Waals surface area contributed by atoms with Gasteiger partial charge in [-0.2, -0.15) is 0 Å². The van der Waals surface area contributed by atoms with Gasteiger partial charge in [0.2, 0.25) is 0 Å². The lowest BCUT2D eigenvalue weighted by Gasteiger charge is -2.18. The molecule has 0 aliphatic carbocycles. The number of carbonyl (C=O) groups is 2. The first-order valence-electron chi connectivity index (χ1n) is 16.1. The van der Waals surface area contributed by atoms with E-state index in [2.05, 4.69) is 5.32 Å². The zero-order valence-corrected chi connectivity index (χ0v) is 27.6. The maximum Gasteiger partial charge on any atom is 0.305 e. The highest BCUT2D eigenvalue weighted by Gasteiger charge is 2.30. The molecule has 4 N–H and O–H groups in total. The Bertz CT molecular complexity index is 1950. The van der Waals surface area contributed by atoms with Crippen LogP contribution in [0.2, 0.25) is 0 Å². The summed E-state index contributed by atoms with van der Waals surface area (Å²) in [6.07, 6.45) is -0.284. The summed E-state index contributed by atoms with van der Waals surface area (Å²) in [7, 11) is 0. The van der Waals surface area contributed by atoms with Crippen molar-refractivity contribution in [1.82, 2.24) is 4.57 Å². The molecule has 50 heavy (non-hydrogen) atoms. The number of benzene rings is 4. The molecule has 0 saturated heterocycles. The Morgan fingerprint density at radius 2 is 1.46 bits per heavy atom. The third kappa shape index (κ3) is 8.90. The van der Waals surface area contributed by atoms with Gasteiger partial charge in [-0.05, 0) is 73.0 Å². The number of anilines is 1. The summed E-state index contributed by atoms with van der Waals surface area (Å²) in [6.45, 7) is 4.09. The normalized spacial score (nSPS) is 12.6. The van der Waals surface area contributed by atoms with Gasteiger partial charge in [-0.15, -0.1) is 0 Å². The molecule has 5 rings (SSSR count). The molecule has 0 radical (unpaired) electrons. The number of carboxylic acids is 1. The highest BCUT2D eigenvalue weighted by Crippen LogP contribution is 2.43. The zero-order chi connectivity index (χ0) is 35.8. The van der Waals surface area contributed by atoms with Gasteiger partial charge in [0, 0.05) is 41.0 Å². The van der Waals surface area contributed by atoms with Crippen molar-refractivity contribution in [2.24, 2.45) is 0 Å². The second kappa shape index (κ2) is 16.2. The smallest absolute Gasteiger partial charge is 0.305 e. The number of nitrogens with one attached hydrogen (secondary N) is 1. The molecule has 0 saturated carbocycles. The van der Waals surface area contributed by atoms with E-state index in [1.54, 1.807) is 59.2 Å². The monoisotopic (exact) mass is 680 g/mol. The Morgan fingerprint density at radius 1 is 0.840 bits per heavy atom. The number of halogens is 2. The van der Waals surface area contributed by atoms with Crippen LogP contribution in [0.25, 0.3) is 28.3 Å². The second-order valence-electron chi connectivity index (χ2n) is 12.1. The molecule has 10 heteroatoms. The number of ether oxygens (including phenoxy) is 1. The molecule has 0 aliphatic rings. The molecule has 4 aromatic carbocycles. The fourth-order valence-corrected chi connectivity index (χ4v) is 5.78. The van der Waals surface area contributed by atoms with Crippen molar-refractivity contribution in [3.05, 3.63) is 138 Å². The first-order chi connectivity index (χ1) is 24.0. The minimum atomic E-state index is -1.29. The van der Waals surface area contributed by atoms with Crippen molar-refractivity contribution in [2.45, 2.75) is 51.5 Å². The van der Waals surface area contributed by atoms with Crippen LogP contribution >= 0.6 is 0 Å². The van der Waals surface area contributed by atoms with Crippen LogP contribution in [0.15, 0.2) is 109 Å². The third-order valence-corrected chi connectivity index (χ3v) is 7.98. The standard InChI is InChI=1S/C40H38F2N2O6/c1-25(2)44-35(20-19-32(45)22-33(46)23-36(47)48)37(27-11-15-29(41)16-12-27)38(28-13-17-30(42)18-14-28)39(44)40(49)43-31-9-6-10-34(21-31)50-24-26-7-4-3-5-8-26/h3-21,25,32-33,45-46H,22-24H2,1-2H3,(H,43,49)(H,47,48)/b20-19+/t32-,33-/m1/s1. The first-order valence-corrected chi connectivity index (χ1v) is 16.1. The fourth-order valence-electron chi connectivity index (χ4n) is 5.78. The number of amides is 1. The summed E-state index contributed by atoms with van der Waals surface area (Å²) in [5, 5.41) is 32.9. The van der Waals surface area contributed by atoms with Gasteiger partial charge in [-0.3, -0.25) is 9.59 Å². The number of nitrogens with zero attached hydrogens (tertiary/aromatic N) is 1. The molecule has 0 spiro atoms. The van der Waals surface area contributed by atoms with E-state index in [1.807, 2.05) is 44.2 Å². The summed E-state index contributed by atoms with van der Waals surface area (Å²) in [5.74, 6) is -2.08. The molecular weight excluding hydrogens is 642 g/mol. The van der Waals surface area contributed by atoms with Crippen LogP contribution in [0.3, 0.4) is 0 Å². The first kappa shape index (κ1) is 35.7. The Morgan fingerprint density at radius 3 is 2.06 bits per heavy atom. The molecule has 1 amide bonds. The number of rotatable bonds is 14. The van der Waals surface area contributed by atoms with Gasteiger partial charge in [0.15, 0.2) is 0 Å². The van der Waals surface area contributed by atoms with Crippen molar-refractivity contribution in [3.63, 3.8) is 0 Å². The lowest BCUT2D eigenvalue weighted by Crippen LogP contribution is -2.20. The van der Waals surface area contributed by atoms with Crippen LogP contribution in [0.5, 0.6) is 5.75 Å². The quantitative estimate of drug-likeness (QED) is 0.0941. The third-order valence-electron chi connectivity index (χ3n) is 7.98.